The Balaban J connectivity index is 3.15. The van der Waals surface area contributed by atoms with Crippen LogP contribution in [-0.2, 0) is 20.7 Å². The van der Waals surface area contributed by atoms with Gasteiger partial charge >= 0.3 is 12.1 Å². The molecule has 0 heterocycles. The summed E-state index contributed by atoms with van der Waals surface area (Å²) in [6, 6.07) is 4.34. The van der Waals surface area contributed by atoms with E-state index in [0.29, 0.717) is 16.6 Å². The van der Waals surface area contributed by atoms with Crippen molar-refractivity contribution in [1.82, 2.24) is 4.90 Å². The van der Waals surface area contributed by atoms with Gasteiger partial charge in [0, 0.05) is 13.0 Å². The average Bonchev–Trinajstić information content (AvgIpc) is 2.54. The lowest BCUT2D eigenvalue weighted by Gasteiger charge is -2.30. The highest BCUT2D eigenvalue weighted by molar-refractivity contribution is 6.42. The van der Waals surface area contributed by atoms with Crippen LogP contribution in [0.3, 0.4) is 0 Å². The molecule has 0 bridgehead atoms. The van der Waals surface area contributed by atoms with Crippen LogP contribution in [0.1, 0.15) is 33.3 Å². The van der Waals surface area contributed by atoms with E-state index >= 15 is 0 Å². The summed E-state index contributed by atoms with van der Waals surface area (Å²) in [4.78, 5) is 26.3. The van der Waals surface area contributed by atoms with Crippen molar-refractivity contribution in [2.45, 2.75) is 40.2 Å². The summed E-state index contributed by atoms with van der Waals surface area (Å²) in [6.45, 7) is 8.23. The molecule has 1 atom stereocenters. The lowest BCUT2D eigenvalue weighted by molar-refractivity contribution is -0.149. The number of ether oxygens (including phenoxy) is 2. The first-order chi connectivity index (χ1) is 11.8. The molecule has 1 amide bonds. The van der Waals surface area contributed by atoms with Crippen LogP contribution in [0.5, 0.6) is 0 Å². The second-order valence-electron chi connectivity index (χ2n) is 5.97. The van der Waals surface area contributed by atoms with E-state index in [9.17, 15) is 9.59 Å². The predicted octanol–water partition coefficient (Wildman–Crippen LogP) is 4.58. The number of rotatable bonds is 8. The molecule has 0 aliphatic heterocycles. The molecule has 1 aromatic rings. The van der Waals surface area contributed by atoms with Gasteiger partial charge in [0.25, 0.3) is 0 Å². The smallest absolute Gasteiger partial charge is 0.410 e. The molecular weight excluding hydrogens is 365 g/mol. The van der Waals surface area contributed by atoms with Gasteiger partial charge in [-0.2, -0.15) is 0 Å². The minimum atomic E-state index is -0.793. The van der Waals surface area contributed by atoms with Gasteiger partial charge in [0.2, 0.25) is 0 Å². The maximum Gasteiger partial charge on any atom is 0.410 e. The van der Waals surface area contributed by atoms with Crippen LogP contribution < -0.4 is 0 Å². The molecule has 5 nitrogen and oxygen atoms in total. The molecule has 0 saturated carbocycles. The van der Waals surface area contributed by atoms with E-state index in [2.05, 4.69) is 0 Å². The molecule has 0 saturated heterocycles. The Labute approximate surface area is 159 Å². The highest BCUT2D eigenvalue weighted by Gasteiger charge is 2.32. The van der Waals surface area contributed by atoms with Crippen molar-refractivity contribution in [3.05, 3.63) is 33.8 Å². The van der Waals surface area contributed by atoms with Gasteiger partial charge in [-0.25, -0.2) is 9.59 Å². The summed E-state index contributed by atoms with van der Waals surface area (Å²) in [7, 11) is 0. The second-order valence-corrected chi connectivity index (χ2v) is 6.78. The van der Waals surface area contributed by atoms with Crippen molar-refractivity contribution in [2.24, 2.45) is 5.92 Å². The Bertz CT molecular complexity index is 592. The summed E-state index contributed by atoms with van der Waals surface area (Å²) < 4.78 is 10.3. The second kappa shape index (κ2) is 10.5. The lowest BCUT2D eigenvalue weighted by atomic mass is 10.0. The van der Waals surface area contributed by atoms with Crippen LogP contribution in [-0.4, -0.2) is 42.8 Å². The van der Waals surface area contributed by atoms with E-state index in [0.717, 1.165) is 5.56 Å². The normalized spacial score (nSPS) is 12.0. The third-order valence-electron chi connectivity index (χ3n) is 3.41. The van der Waals surface area contributed by atoms with E-state index in [1.54, 1.807) is 32.0 Å². The lowest BCUT2D eigenvalue weighted by Crippen LogP contribution is -2.49. The quantitative estimate of drug-likeness (QED) is 0.610. The topological polar surface area (TPSA) is 55.8 Å². The van der Waals surface area contributed by atoms with Gasteiger partial charge in [-0.15, -0.1) is 0 Å². The molecule has 1 aromatic carbocycles. The van der Waals surface area contributed by atoms with Crippen LogP contribution in [0, 0.1) is 5.92 Å². The Kier molecular flexibility index (Phi) is 9.08. The number of esters is 1. The van der Waals surface area contributed by atoms with Crippen LogP contribution in [0.2, 0.25) is 10.0 Å². The third-order valence-corrected chi connectivity index (χ3v) is 4.15. The van der Waals surface area contributed by atoms with Crippen molar-refractivity contribution in [3.8, 4) is 0 Å². The molecule has 0 aliphatic rings. The molecule has 1 unspecified atom stereocenters. The highest BCUT2D eigenvalue weighted by atomic mass is 35.5. The zero-order valence-electron chi connectivity index (χ0n) is 15.1. The number of nitrogens with zero attached hydrogens (tertiary/aromatic N) is 1. The first kappa shape index (κ1) is 21.6. The van der Waals surface area contributed by atoms with E-state index in [-0.39, 0.29) is 25.6 Å². The first-order valence-electron chi connectivity index (χ1n) is 8.34. The van der Waals surface area contributed by atoms with Gasteiger partial charge in [-0.1, -0.05) is 43.1 Å². The molecule has 0 spiro atoms. The molecular formula is C18H25Cl2NO4. The zero-order chi connectivity index (χ0) is 19.0. The first-order valence-corrected chi connectivity index (χ1v) is 9.09. The average molecular weight is 390 g/mol. The molecule has 25 heavy (non-hydrogen) atoms. The summed E-state index contributed by atoms with van der Waals surface area (Å²) in [5.74, 6) is -0.308. The summed E-state index contributed by atoms with van der Waals surface area (Å²) >= 11 is 12.0. The molecule has 0 aliphatic carbocycles. The maximum atomic E-state index is 12.5. The van der Waals surface area contributed by atoms with Crippen molar-refractivity contribution in [2.75, 3.05) is 19.8 Å². The highest BCUT2D eigenvalue weighted by Crippen LogP contribution is 2.24. The Morgan fingerprint density at radius 2 is 1.72 bits per heavy atom. The molecule has 1 rings (SSSR count). The number of hydrogen-bond acceptors (Lipinski definition) is 4. The van der Waals surface area contributed by atoms with Gasteiger partial charge in [-0.05, 0) is 37.5 Å². The van der Waals surface area contributed by atoms with Gasteiger partial charge in [0.05, 0.1) is 23.3 Å². The van der Waals surface area contributed by atoms with Crippen molar-refractivity contribution < 1.29 is 19.1 Å². The monoisotopic (exact) mass is 389 g/mol. The van der Waals surface area contributed by atoms with Crippen molar-refractivity contribution in [3.63, 3.8) is 0 Å². The van der Waals surface area contributed by atoms with Gasteiger partial charge < -0.3 is 9.47 Å². The molecule has 0 aromatic heterocycles. The SMILES string of the molecule is CCOC(=O)C(Cc1ccc(Cl)c(Cl)c1)N(CC(C)C)C(=O)OCC. The Morgan fingerprint density at radius 1 is 1.08 bits per heavy atom. The summed E-state index contributed by atoms with van der Waals surface area (Å²) in [5, 5.41) is 0.829. The largest absolute Gasteiger partial charge is 0.464 e. The van der Waals surface area contributed by atoms with E-state index in [1.165, 1.54) is 4.90 Å². The molecule has 0 fully saturated rings. The number of carbonyl (C=O) groups excluding carboxylic acids is 2. The standard InChI is InChI=1S/C18H25Cl2NO4/c1-5-24-17(22)16(10-13-7-8-14(19)15(20)9-13)21(11-12(3)4)18(23)25-6-2/h7-9,12,16H,5-6,10-11H2,1-4H3. The molecule has 0 radical (unpaired) electrons. The van der Waals surface area contributed by atoms with Crippen LogP contribution in [0.4, 0.5) is 4.79 Å². The fourth-order valence-corrected chi connectivity index (χ4v) is 2.70. The number of hydrogen-bond donors (Lipinski definition) is 0. The summed E-state index contributed by atoms with van der Waals surface area (Å²) in [5.41, 5.74) is 0.783. The molecule has 7 heteroatoms. The third kappa shape index (κ3) is 6.75. The predicted molar refractivity (Wildman–Crippen MR) is 99.2 cm³/mol. The number of benzene rings is 1. The van der Waals surface area contributed by atoms with Crippen LogP contribution in [0.25, 0.3) is 0 Å². The van der Waals surface area contributed by atoms with Crippen molar-refractivity contribution in [1.29, 1.82) is 0 Å². The molecule has 0 N–H and O–H groups in total. The van der Waals surface area contributed by atoms with Crippen molar-refractivity contribution >= 4 is 35.3 Å². The summed E-state index contributed by atoms with van der Waals surface area (Å²) in [6.07, 6.45) is -0.268. The maximum absolute atomic E-state index is 12.5. The molecule has 140 valence electrons. The number of amides is 1. The Morgan fingerprint density at radius 3 is 2.24 bits per heavy atom. The van der Waals surface area contributed by atoms with Crippen LogP contribution >= 0.6 is 23.2 Å². The van der Waals surface area contributed by atoms with E-state index < -0.39 is 18.1 Å². The van der Waals surface area contributed by atoms with E-state index in [1.807, 2.05) is 13.8 Å². The zero-order valence-corrected chi connectivity index (χ0v) is 16.6. The van der Waals surface area contributed by atoms with E-state index in [4.69, 9.17) is 32.7 Å². The fraction of sp³-hybridized carbons (Fsp3) is 0.556. The van der Waals surface area contributed by atoms with Gasteiger partial charge in [0.15, 0.2) is 0 Å². The van der Waals surface area contributed by atoms with Gasteiger partial charge in [-0.3, -0.25) is 4.90 Å². The Hall–Kier alpha value is -1.46. The van der Waals surface area contributed by atoms with Crippen LogP contribution in [0.15, 0.2) is 18.2 Å². The minimum Gasteiger partial charge on any atom is -0.464 e. The fourth-order valence-electron chi connectivity index (χ4n) is 2.38. The minimum absolute atomic E-state index is 0.162. The number of halogens is 2. The number of carbonyl (C=O) groups is 2. The van der Waals surface area contributed by atoms with Gasteiger partial charge in [0.1, 0.15) is 6.04 Å².